The zero-order chi connectivity index (χ0) is 25.4. The molecular weight excluding hydrogens is 490 g/mol. The lowest BCUT2D eigenvalue weighted by atomic mass is 10.2. The molecule has 0 saturated heterocycles. The SMILES string of the molecule is COc1ccc(N([C@H](C)C(=O)N/N=C\c2ccc(OCc3ccccc3Cl)cc2)S(C)(=O)=O)cc1. The summed E-state index contributed by atoms with van der Waals surface area (Å²) in [6.07, 6.45) is 2.50. The van der Waals surface area contributed by atoms with Crippen LogP contribution in [0, 0.1) is 0 Å². The Labute approximate surface area is 210 Å². The second-order valence-electron chi connectivity index (χ2n) is 7.62. The summed E-state index contributed by atoms with van der Waals surface area (Å²) in [6, 6.07) is 19.9. The molecule has 1 amide bonds. The molecular formula is C25H26ClN3O5S. The van der Waals surface area contributed by atoms with Gasteiger partial charge in [-0.25, -0.2) is 13.8 Å². The Morgan fingerprint density at radius 3 is 2.29 bits per heavy atom. The summed E-state index contributed by atoms with van der Waals surface area (Å²) in [5.41, 5.74) is 4.34. The van der Waals surface area contributed by atoms with Crippen molar-refractivity contribution < 1.29 is 22.7 Å². The number of hydrogen-bond acceptors (Lipinski definition) is 6. The number of methoxy groups -OCH3 is 1. The van der Waals surface area contributed by atoms with Gasteiger partial charge in [0.05, 0.1) is 25.3 Å². The molecule has 0 spiro atoms. The lowest BCUT2D eigenvalue weighted by molar-refractivity contribution is -0.121. The summed E-state index contributed by atoms with van der Waals surface area (Å²) in [5, 5.41) is 4.60. The standard InChI is InChI=1S/C25H26ClN3O5S/c1-18(29(35(3,31)32)21-10-14-22(33-2)15-11-21)25(30)28-27-16-19-8-12-23(13-9-19)34-17-20-6-4-5-7-24(20)26/h4-16,18H,17H2,1-3H3,(H,28,30)/b27-16-/t18-/m1/s1. The summed E-state index contributed by atoms with van der Waals surface area (Å²) in [4.78, 5) is 12.6. The first kappa shape index (κ1) is 26.1. The van der Waals surface area contributed by atoms with Gasteiger partial charge < -0.3 is 9.47 Å². The van der Waals surface area contributed by atoms with Crippen LogP contribution in [0.15, 0.2) is 77.9 Å². The number of anilines is 1. The Hall–Kier alpha value is -3.56. The van der Waals surface area contributed by atoms with Gasteiger partial charge in [-0.05, 0) is 67.1 Å². The largest absolute Gasteiger partial charge is 0.497 e. The predicted molar refractivity (Wildman–Crippen MR) is 138 cm³/mol. The van der Waals surface area contributed by atoms with Crippen LogP contribution in [0.2, 0.25) is 5.02 Å². The fourth-order valence-corrected chi connectivity index (χ4v) is 4.59. The number of hydrazone groups is 1. The molecule has 8 nitrogen and oxygen atoms in total. The monoisotopic (exact) mass is 515 g/mol. The van der Waals surface area contributed by atoms with Gasteiger partial charge >= 0.3 is 0 Å². The lowest BCUT2D eigenvalue weighted by Crippen LogP contribution is -2.46. The summed E-state index contributed by atoms with van der Waals surface area (Å²) in [6.45, 7) is 1.83. The average Bonchev–Trinajstić information content (AvgIpc) is 2.84. The molecule has 0 aliphatic carbocycles. The number of hydrogen-bond donors (Lipinski definition) is 1. The minimum atomic E-state index is -3.73. The number of rotatable bonds is 10. The Bertz CT molecular complexity index is 1280. The molecule has 0 heterocycles. The smallest absolute Gasteiger partial charge is 0.263 e. The molecule has 0 radical (unpaired) electrons. The molecule has 0 unspecified atom stereocenters. The number of amides is 1. The number of carbonyl (C=O) groups is 1. The highest BCUT2D eigenvalue weighted by atomic mass is 35.5. The highest BCUT2D eigenvalue weighted by Crippen LogP contribution is 2.24. The van der Waals surface area contributed by atoms with E-state index in [2.05, 4.69) is 10.5 Å². The zero-order valence-electron chi connectivity index (χ0n) is 19.5. The van der Waals surface area contributed by atoms with Crippen LogP contribution in [-0.2, 0) is 21.4 Å². The van der Waals surface area contributed by atoms with Gasteiger partial charge in [-0.3, -0.25) is 9.10 Å². The maximum Gasteiger partial charge on any atom is 0.263 e. The summed E-state index contributed by atoms with van der Waals surface area (Å²) in [5.74, 6) is 0.648. The van der Waals surface area contributed by atoms with Gasteiger partial charge in [0.1, 0.15) is 24.1 Å². The molecule has 10 heteroatoms. The van der Waals surface area contributed by atoms with Crippen LogP contribution in [0.4, 0.5) is 5.69 Å². The van der Waals surface area contributed by atoms with Gasteiger partial charge in [-0.15, -0.1) is 0 Å². The molecule has 35 heavy (non-hydrogen) atoms. The van der Waals surface area contributed by atoms with Gasteiger partial charge in [0, 0.05) is 10.6 Å². The van der Waals surface area contributed by atoms with E-state index in [4.69, 9.17) is 21.1 Å². The number of sulfonamides is 1. The minimum absolute atomic E-state index is 0.339. The van der Waals surface area contributed by atoms with Crippen LogP contribution in [0.5, 0.6) is 11.5 Å². The fourth-order valence-electron chi connectivity index (χ4n) is 3.23. The van der Waals surface area contributed by atoms with Gasteiger partial charge in [-0.2, -0.15) is 5.10 Å². The number of nitrogens with one attached hydrogen (secondary N) is 1. The molecule has 0 aliphatic heterocycles. The van der Waals surface area contributed by atoms with E-state index in [1.54, 1.807) is 54.6 Å². The molecule has 0 bridgehead atoms. The third-order valence-corrected chi connectivity index (χ3v) is 6.65. The fraction of sp³-hybridized carbons (Fsp3) is 0.200. The van der Waals surface area contributed by atoms with Crippen molar-refractivity contribution in [1.29, 1.82) is 0 Å². The van der Waals surface area contributed by atoms with Crippen molar-refractivity contribution in [3.05, 3.63) is 88.9 Å². The molecule has 0 aromatic heterocycles. The van der Waals surface area contributed by atoms with E-state index >= 15 is 0 Å². The second kappa shape index (κ2) is 11.7. The third kappa shape index (κ3) is 7.21. The molecule has 0 aliphatic rings. The number of nitrogens with zero attached hydrogens (tertiary/aromatic N) is 2. The van der Waals surface area contributed by atoms with Crippen molar-refractivity contribution >= 4 is 39.4 Å². The van der Waals surface area contributed by atoms with Crippen molar-refractivity contribution in [1.82, 2.24) is 5.43 Å². The molecule has 3 aromatic carbocycles. The number of benzene rings is 3. The summed E-state index contributed by atoms with van der Waals surface area (Å²) < 4.78 is 36.6. The van der Waals surface area contributed by atoms with Gasteiger partial charge in [0.15, 0.2) is 0 Å². The van der Waals surface area contributed by atoms with Crippen molar-refractivity contribution in [3.8, 4) is 11.5 Å². The molecule has 3 rings (SSSR count). The van der Waals surface area contributed by atoms with E-state index < -0.39 is 22.0 Å². The Morgan fingerprint density at radius 1 is 1.06 bits per heavy atom. The van der Waals surface area contributed by atoms with E-state index in [-0.39, 0.29) is 0 Å². The third-order valence-electron chi connectivity index (χ3n) is 5.04. The Kier molecular flexibility index (Phi) is 8.73. The Balaban J connectivity index is 1.60. The number of carbonyl (C=O) groups excluding carboxylic acids is 1. The first-order valence-corrected chi connectivity index (χ1v) is 12.8. The highest BCUT2D eigenvalue weighted by molar-refractivity contribution is 7.92. The van der Waals surface area contributed by atoms with E-state index in [9.17, 15) is 13.2 Å². The van der Waals surface area contributed by atoms with Crippen LogP contribution in [0.25, 0.3) is 0 Å². The summed E-state index contributed by atoms with van der Waals surface area (Å²) >= 11 is 6.14. The predicted octanol–water partition coefficient (Wildman–Crippen LogP) is 4.23. The van der Waals surface area contributed by atoms with Gasteiger partial charge in [0.25, 0.3) is 5.91 Å². The molecule has 0 fully saturated rings. The number of halogens is 1. The average molecular weight is 516 g/mol. The first-order valence-electron chi connectivity index (χ1n) is 10.6. The van der Waals surface area contributed by atoms with E-state index in [1.807, 2.05) is 18.2 Å². The molecule has 184 valence electrons. The highest BCUT2D eigenvalue weighted by Gasteiger charge is 2.29. The molecule has 1 atom stereocenters. The van der Waals surface area contributed by atoms with E-state index in [0.717, 1.165) is 21.7 Å². The molecule has 1 N–H and O–H groups in total. The van der Waals surface area contributed by atoms with Gasteiger partial charge in [-0.1, -0.05) is 29.8 Å². The van der Waals surface area contributed by atoms with Crippen LogP contribution < -0.4 is 19.2 Å². The van der Waals surface area contributed by atoms with Crippen molar-refractivity contribution in [3.63, 3.8) is 0 Å². The topological polar surface area (TPSA) is 97.3 Å². The van der Waals surface area contributed by atoms with E-state index in [1.165, 1.54) is 20.2 Å². The second-order valence-corrected chi connectivity index (χ2v) is 9.88. The molecule has 0 saturated carbocycles. The van der Waals surface area contributed by atoms with Gasteiger partial charge in [0.2, 0.25) is 10.0 Å². The minimum Gasteiger partial charge on any atom is -0.497 e. The zero-order valence-corrected chi connectivity index (χ0v) is 21.1. The summed E-state index contributed by atoms with van der Waals surface area (Å²) in [7, 11) is -2.22. The maximum atomic E-state index is 12.6. The lowest BCUT2D eigenvalue weighted by Gasteiger charge is -2.27. The quantitative estimate of drug-likeness (QED) is 0.322. The van der Waals surface area contributed by atoms with Crippen LogP contribution in [0.3, 0.4) is 0 Å². The van der Waals surface area contributed by atoms with Crippen LogP contribution >= 0.6 is 11.6 Å². The maximum absolute atomic E-state index is 12.6. The Morgan fingerprint density at radius 2 is 1.69 bits per heavy atom. The van der Waals surface area contributed by atoms with Crippen molar-refractivity contribution in [2.24, 2.45) is 5.10 Å². The van der Waals surface area contributed by atoms with Crippen LogP contribution in [-0.4, -0.2) is 39.9 Å². The normalized spacial score (nSPS) is 12.2. The van der Waals surface area contributed by atoms with Crippen molar-refractivity contribution in [2.75, 3.05) is 17.7 Å². The number of ether oxygens (including phenoxy) is 2. The first-order chi connectivity index (χ1) is 16.7. The van der Waals surface area contributed by atoms with E-state index in [0.29, 0.717) is 28.8 Å². The van der Waals surface area contributed by atoms with Crippen LogP contribution in [0.1, 0.15) is 18.1 Å². The molecule has 3 aromatic rings. The van der Waals surface area contributed by atoms with Crippen molar-refractivity contribution in [2.45, 2.75) is 19.6 Å².